The van der Waals surface area contributed by atoms with Crippen LogP contribution in [0.2, 0.25) is 0 Å². The van der Waals surface area contributed by atoms with Crippen molar-refractivity contribution in [2.75, 3.05) is 0 Å². The molecule has 0 aromatic heterocycles. The van der Waals surface area contributed by atoms with Crippen LogP contribution in [0.5, 0.6) is 0 Å². The Bertz CT molecular complexity index is 433. The summed E-state index contributed by atoms with van der Waals surface area (Å²) < 4.78 is 10.6. The molecule has 1 aromatic carbocycles. The minimum atomic E-state index is -0.717. The largest absolute Gasteiger partial charge is 0.456 e. The zero-order valence-electron chi connectivity index (χ0n) is 11.4. The maximum atomic E-state index is 11.1. The molecule has 0 aliphatic carbocycles. The summed E-state index contributed by atoms with van der Waals surface area (Å²) in [5.41, 5.74) is 3.27. The molecule has 1 rings (SSSR count). The van der Waals surface area contributed by atoms with E-state index in [2.05, 4.69) is 20.4 Å². The quantitative estimate of drug-likeness (QED) is 0.453. The topological polar surface area (TPSA) is 35.5 Å². The van der Waals surface area contributed by atoms with E-state index in [1.54, 1.807) is 6.92 Å². The summed E-state index contributed by atoms with van der Waals surface area (Å²) >= 11 is 0. The maximum absolute atomic E-state index is 11.1. The molecule has 0 N–H and O–H groups in total. The number of aryl methyl sites for hydroxylation is 2. The molecule has 3 nitrogen and oxygen atoms in total. The normalized spacial score (nSPS) is 11.8. The first kappa shape index (κ1) is 14.3. The first-order valence-corrected chi connectivity index (χ1v) is 6.02. The number of hydrogen-bond donors (Lipinski definition) is 0. The summed E-state index contributed by atoms with van der Waals surface area (Å²) in [7, 11) is 0. The summed E-state index contributed by atoms with van der Waals surface area (Å²) in [6, 6.07) is 5.92. The molecule has 1 aromatic rings. The van der Waals surface area contributed by atoms with Crippen LogP contribution in [0.1, 0.15) is 43.8 Å². The van der Waals surface area contributed by atoms with Gasteiger partial charge in [0.25, 0.3) is 6.29 Å². The number of carbonyl (C=O) groups is 1. The molecule has 0 fully saturated rings. The molecule has 0 saturated heterocycles. The van der Waals surface area contributed by atoms with Crippen molar-refractivity contribution in [3.05, 3.63) is 47.2 Å². The highest BCUT2D eigenvalue weighted by Crippen LogP contribution is 2.24. The van der Waals surface area contributed by atoms with E-state index in [9.17, 15) is 4.79 Å². The first-order valence-electron chi connectivity index (χ1n) is 6.02. The summed E-state index contributed by atoms with van der Waals surface area (Å²) in [5.74, 6) is 0.139. The van der Waals surface area contributed by atoms with E-state index < -0.39 is 6.29 Å². The Kier molecular flexibility index (Phi) is 4.95. The van der Waals surface area contributed by atoms with E-state index in [0.29, 0.717) is 5.76 Å². The molecular weight excluding hydrogens is 228 g/mol. The molecule has 0 amide bonds. The highest BCUT2D eigenvalue weighted by molar-refractivity contribution is 5.66. The fourth-order valence-electron chi connectivity index (χ4n) is 1.71. The lowest BCUT2D eigenvalue weighted by Crippen LogP contribution is -2.12. The van der Waals surface area contributed by atoms with Gasteiger partial charge in [-0.15, -0.1) is 0 Å². The van der Waals surface area contributed by atoms with Gasteiger partial charge >= 0.3 is 5.97 Å². The van der Waals surface area contributed by atoms with Gasteiger partial charge < -0.3 is 9.47 Å². The molecule has 0 aliphatic rings. The molecule has 1 unspecified atom stereocenters. The van der Waals surface area contributed by atoms with Gasteiger partial charge in [-0.3, -0.25) is 4.79 Å². The van der Waals surface area contributed by atoms with Gasteiger partial charge in [-0.1, -0.05) is 25.6 Å². The second-order valence-corrected chi connectivity index (χ2v) is 4.30. The van der Waals surface area contributed by atoms with Crippen LogP contribution in [-0.4, -0.2) is 5.97 Å². The molecule has 18 heavy (non-hydrogen) atoms. The van der Waals surface area contributed by atoms with E-state index in [1.807, 2.05) is 18.2 Å². The summed E-state index contributed by atoms with van der Waals surface area (Å²) in [5, 5.41) is 0. The smallest absolute Gasteiger partial charge is 0.305 e. The predicted molar refractivity (Wildman–Crippen MR) is 71.0 cm³/mol. The lowest BCUT2D eigenvalue weighted by molar-refractivity contribution is -0.170. The van der Waals surface area contributed by atoms with Crippen LogP contribution < -0.4 is 0 Å². The van der Waals surface area contributed by atoms with E-state index >= 15 is 0 Å². The van der Waals surface area contributed by atoms with Crippen LogP contribution in [0.4, 0.5) is 0 Å². The number of esters is 1. The Balaban J connectivity index is 3.03. The maximum Gasteiger partial charge on any atom is 0.305 e. The van der Waals surface area contributed by atoms with E-state index in [1.165, 1.54) is 18.1 Å². The van der Waals surface area contributed by atoms with Crippen molar-refractivity contribution in [1.82, 2.24) is 0 Å². The monoisotopic (exact) mass is 248 g/mol. The first-order chi connectivity index (χ1) is 8.43. The average molecular weight is 248 g/mol. The average Bonchev–Trinajstić information content (AvgIpc) is 2.27. The fraction of sp³-hybridized carbons (Fsp3) is 0.400. The van der Waals surface area contributed by atoms with Crippen LogP contribution in [0.3, 0.4) is 0 Å². The zero-order chi connectivity index (χ0) is 13.7. The zero-order valence-corrected chi connectivity index (χ0v) is 11.4. The van der Waals surface area contributed by atoms with Crippen molar-refractivity contribution < 1.29 is 14.3 Å². The SMILES string of the molecule is C=C(C)OC(OC(C)=O)c1ccc(C)c(CC)c1. The van der Waals surface area contributed by atoms with Gasteiger partial charge in [0.05, 0.1) is 5.76 Å². The standard InChI is InChI=1S/C15H20O3/c1-6-13-9-14(8-7-11(13)4)15(17-10(2)3)18-12(5)16/h7-9,15H,2,6H2,1,3-5H3. The second kappa shape index (κ2) is 6.24. The summed E-state index contributed by atoms with van der Waals surface area (Å²) in [6.45, 7) is 10.9. The molecule has 0 spiro atoms. The molecule has 0 aliphatic heterocycles. The number of rotatable bonds is 5. The van der Waals surface area contributed by atoms with E-state index in [0.717, 1.165) is 12.0 Å². The highest BCUT2D eigenvalue weighted by Gasteiger charge is 2.17. The van der Waals surface area contributed by atoms with Crippen molar-refractivity contribution in [1.29, 1.82) is 0 Å². The Hall–Kier alpha value is -1.77. The number of hydrogen-bond acceptors (Lipinski definition) is 3. The van der Waals surface area contributed by atoms with Gasteiger partial charge in [0.1, 0.15) is 0 Å². The van der Waals surface area contributed by atoms with Crippen LogP contribution in [0.15, 0.2) is 30.5 Å². The van der Waals surface area contributed by atoms with Gasteiger partial charge in [0.15, 0.2) is 0 Å². The minimum Gasteiger partial charge on any atom is -0.456 e. The Morgan fingerprint density at radius 2 is 2.00 bits per heavy atom. The molecular formula is C15H20O3. The molecule has 0 heterocycles. The lowest BCUT2D eigenvalue weighted by Gasteiger charge is -2.20. The highest BCUT2D eigenvalue weighted by atomic mass is 16.7. The Morgan fingerprint density at radius 3 is 2.50 bits per heavy atom. The number of carbonyl (C=O) groups excluding carboxylic acids is 1. The number of allylic oxidation sites excluding steroid dienone is 1. The van der Waals surface area contributed by atoms with Crippen molar-refractivity contribution in [2.45, 2.75) is 40.4 Å². The molecule has 0 bridgehead atoms. The molecule has 0 saturated carbocycles. The Labute approximate surface area is 108 Å². The van der Waals surface area contributed by atoms with Crippen LogP contribution in [0.25, 0.3) is 0 Å². The second-order valence-electron chi connectivity index (χ2n) is 4.30. The predicted octanol–water partition coefficient (Wildman–Crippen LogP) is 3.67. The van der Waals surface area contributed by atoms with Crippen LogP contribution in [0, 0.1) is 6.92 Å². The number of benzene rings is 1. The van der Waals surface area contributed by atoms with E-state index in [4.69, 9.17) is 9.47 Å². The van der Waals surface area contributed by atoms with Gasteiger partial charge in [0.2, 0.25) is 0 Å². The Morgan fingerprint density at radius 1 is 1.33 bits per heavy atom. The third kappa shape index (κ3) is 3.91. The fourth-order valence-corrected chi connectivity index (χ4v) is 1.71. The number of ether oxygens (including phenoxy) is 2. The van der Waals surface area contributed by atoms with Crippen molar-refractivity contribution in [3.8, 4) is 0 Å². The van der Waals surface area contributed by atoms with Gasteiger partial charge in [-0.25, -0.2) is 0 Å². The summed E-state index contributed by atoms with van der Waals surface area (Å²) in [6.07, 6.45) is 0.213. The van der Waals surface area contributed by atoms with Crippen molar-refractivity contribution in [2.24, 2.45) is 0 Å². The third-order valence-corrected chi connectivity index (χ3v) is 2.61. The van der Waals surface area contributed by atoms with Crippen molar-refractivity contribution >= 4 is 5.97 Å². The summed E-state index contributed by atoms with van der Waals surface area (Å²) in [4.78, 5) is 11.1. The third-order valence-electron chi connectivity index (χ3n) is 2.61. The molecule has 3 heteroatoms. The van der Waals surface area contributed by atoms with Gasteiger partial charge in [-0.2, -0.15) is 0 Å². The molecule has 1 atom stereocenters. The van der Waals surface area contributed by atoms with Crippen LogP contribution in [-0.2, 0) is 20.7 Å². The minimum absolute atomic E-state index is 0.375. The molecule has 98 valence electrons. The van der Waals surface area contributed by atoms with Gasteiger partial charge in [0, 0.05) is 12.5 Å². The van der Waals surface area contributed by atoms with Crippen LogP contribution >= 0.6 is 0 Å². The van der Waals surface area contributed by atoms with E-state index in [-0.39, 0.29) is 5.97 Å². The van der Waals surface area contributed by atoms with Gasteiger partial charge in [-0.05, 0) is 37.5 Å². The van der Waals surface area contributed by atoms with Crippen molar-refractivity contribution in [3.63, 3.8) is 0 Å². The lowest BCUT2D eigenvalue weighted by atomic mass is 10.0. The molecule has 0 radical (unpaired) electrons.